The lowest BCUT2D eigenvalue weighted by atomic mass is 9.97. The Morgan fingerprint density at radius 2 is 1.17 bits per heavy atom. The van der Waals surface area contributed by atoms with Gasteiger partial charge in [0.05, 0.1) is 16.7 Å². The van der Waals surface area contributed by atoms with Gasteiger partial charge in [-0.3, -0.25) is 4.90 Å². The first-order valence-corrected chi connectivity index (χ1v) is 19.7. The highest BCUT2D eigenvalue weighted by Gasteiger charge is 2.26. The number of nitrogens with zero attached hydrogens (tertiary/aromatic N) is 2. The molecule has 0 saturated carbocycles. The van der Waals surface area contributed by atoms with Gasteiger partial charge >= 0.3 is 0 Å². The van der Waals surface area contributed by atoms with E-state index in [-0.39, 0.29) is 6.79 Å². The summed E-state index contributed by atoms with van der Waals surface area (Å²) >= 11 is 0. The Morgan fingerprint density at radius 1 is 0.441 bits per heavy atom. The van der Waals surface area contributed by atoms with Crippen LogP contribution >= 0.6 is 0 Å². The summed E-state index contributed by atoms with van der Waals surface area (Å²) < 4.78 is 27.9. The van der Waals surface area contributed by atoms with Crippen molar-refractivity contribution in [3.63, 3.8) is 0 Å². The van der Waals surface area contributed by atoms with Gasteiger partial charge in [-0.15, -0.1) is 0 Å². The van der Waals surface area contributed by atoms with E-state index in [1.165, 1.54) is 10.8 Å². The number of hydrogen-bond acceptors (Lipinski definition) is 5. The molecule has 6 nitrogen and oxygen atoms in total. The molecule has 1 aliphatic heterocycles. The number of aromatic nitrogens is 1. The van der Waals surface area contributed by atoms with E-state index in [1.807, 2.05) is 36.4 Å². The maximum Gasteiger partial charge on any atom is 0.231 e. The lowest BCUT2D eigenvalue weighted by molar-refractivity contribution is 0.174. The smallest absolute Gasteiger partial charge is 0.231 e. The van der Waals surface area contributed by atoms with Crippen LogP contribution in [-0.2, 0) is 0 Å². The quantitative estimate of drug-likeness (QED) is 0.162. The van der Waals surface area contributed by atoms with Crippen molar-refractivity contribution < 1.29 is 18.3 Å². The molecular weight excluding hydrogens is 729 g/mol. The summed E-state index contributed by atoms with van der Waals surface area (Å²) in [6.07, 6.45) is 0. The fourth-order valence-electron chi connectivity index (χ4n) is 8.74. The number of para-hydroxylation sites is 4. The average molecular weight is 763 g/mol. The normalized spacial score (nSPS) is 12.3. The third-order valence-electron chi connectivity index (χ3n) is 11.4. The summed E-state index contributed by atoms with van der Waals surface area (Å²) in [6.45, 7) is 0.175. The number of fused-ring (bicyclic) bond motifs is 7. The molecule has 3 aromatic heterocycles. The molecular formula is C53H34N2O4. The largest absolute Gasteiger partial charge is 0.456 e. The van der Waals surface area contributed by atoms with Crippen molar-refractivity contribution in [3.05, 3.63) is 194 Å². The van der Waals surface area contributed by atoms with Gasteiger partial charge in [-0.25, -0.2) is 0 Å². The highest BCUT2D eigenvalue weighted by molar-refractivity contribution is 6.15. The summed E-state index contributed by atoms with van der Waals surface area (Å²) in [5, 5.41) is 4.44. The van der Waals surface area contributed by atoms with E-state index in [0.29, 0.717) is 5.88 Å². The van der Waals surface area contributed by atoms with Gasteiger partial charge in [0.1, 0.15) is 16.9 Å². The first-order chi connectivity index (χ1) is 29.2. The fourth-order valence-corrected chi connectivity index (χ4v) is 8.74. The predicted molar refractivity (Wildman–Crippen MR) is 237 cm³/mol. The fraction of sp³-hybridized carbons (Fsp3) is 0.0189. The molecule has 280 valence electrons. The van der Waals surface area contributed by atoms with Gasteiger partial charge in [-0.2, -0.15) is 0 Å². The SMILES string of the molecule is c1ccc(-c2ccc(N(c3cc(-c4cccc5c4OCO5)c4c(c3)oc3ccccc34)c3ccc(-c4ccc5c6ccccc6n(-c6ccccc6)c5c4)o3)cc2)cc1. The third-order valence-corrected chi connectivity index (χ3v) is 11.4. The van der Waals surface area contributed by atoms with E-state index in [9.17, 15) is 0 Å². The maximum absolute atomic E-state index is 6.96. The van der Waals surface area contributed by atoms with Crippen LogP contribution < -0.4 is 14.4 Å². The third kappa shape index (κ3) is 5.41. The lowest BCUT2D eigenvalue weighted by Crippen LogP contribution is -2.09. The second-order valence-corrected chi connectivity index (χ2v) is 14.8. The van der Waals surface area contributed by atoms with Crippen molar-refractivity contribution in [2.75, 3.05) is 11.7 Å². The van der Waals surface area contributed by atoms with Gasteiger partial charge in [-0.1, -0.05) is 121 Å². The first-order valence-electron chi connectivity index (χ1n) is 19.7. The van der Waals surface area contributed by atoms with Crippen molar-refractivity contribution in [1.82, 2.24) is 4.57 Å². The number of benzene rings is 8. The number of furan rings is 2. The second-order valence-electron chi connectivity index (χ2n) is 14.8. The molecule has 4 heterocycles. The van der Waals surface area contributed by atoms with Gasteiger partial charge in [0.25, 0.3) is 0 Å². The Balaban J connectivity index is 1.05. The van der Waals surface area contributed by atoms with Crippen LogP contribution in [0.25, 0.3) is 83.0 Å². The van der Waals surface area contributed by atoms with Gasteiger partial charge in [0.15, 0.2) is 11.5 Å². The highest BCUT2D eigenvalue weighted by atomic mass is 16.7. The van der Waals surface area contributed by atoms with Crippen molar-refractivity contribution in [2.45, 2.75) is 0 Å². The van der Waals surface area contributed by atoms with Crippen molar-refractivity contribution >= 4 is 61.0 Å². The molecule has 0 aliphatic carbocycles. The summed E-state index contributed by atoms with van der Waals surface area (Å²) in [6, 6.07) is 67.4. The standard InChI is InChI=1S/C53H34N2O4/c1-3-12-34(13-4-1)35-22-25-38(26-23-35)54(39-31-44(42-18-11-21-49-53(42)57-33-56-49)52-43-17-8-10-20-48(43)58-50(52)32-39)51-29-28-47(59-51)36-24-27-41-40-16-7-9-19-45(40)55(46(41)30-36)37-14-5-2-6-15-37/h1-32H,33H2. The molecule has 59 heavy (non-hydrogen) atoms. The van der Waals surface area contributed by atoms with E-state index in [4.69, 9.17) is 18.3 Å². The van der Waals surface area contributed by atoms with Crippen LogP contribution in [0.4, 0.5) is 17.3 Å². The van der Waals surface area contributed by atoms with Crippen LogP contribution in [0.5, 0.6) is 11.5 Å². The van der Waals surface area contributed by atoms with E-state index >= 15 is 0 Å². The molecule has 0 spiro atoms. The molecule has 0 atom stereocenters. The Morgan fingerprint density at radius 3 is 2.03 bits per heavy atom. The number of ether oxygens (including phenoxy) is 2. The monoisotopic (exact) mass is 762 g/mol. The molecule has 6 heteroatoms. The Bertz CT molecular complexity index is 3360. The van der Waals surface area contributed by atoms with E-state index in [0.717, 1.165) is 95.1 Å². The van der Waals surface area contributed by atoms with Crippen LogP contribution in [0.3, 0.4) is 0 Å². The van der Waals surface area contributed by atoms with Crippen LogP contribution in [-0.4, -0.2) is 11.4 Å². The van der Waals surface area contributed by atoms with E-state index in [2.05, 4.69) is 167 Å². The van der Waals surface area contributed by atoms with Gasteiger partial charge < -0.3 is 22.9 Å². The zero-order chi connectivity index (χ0) is 38.9. The molecule has 0 N–H and O–H groups in total. The van der Waals surface area contributed by atoms with E-state index < -0.39 is 0 Å². The zero-order valence-corrected chi connectivity index (χ0v) is 31.7. The number of rotatable bonds is 7. The molecule has 0 fully saturated rings. The van der Waals surface area contributed by atoms with Crippen molar-refractivity contribution in [2.24, 2.45) is 0 Å². The minimum Gasteiger partial charge on any atom is -0.456 e. The minimum atomic E-state index is 0.175. The van der Waals surface area contributed by atoms with E-state index in [1.54, 1.807) is 0 Å². The van der Waals surface area contributed by atoms with Crippen molar-refractivity contribution in [3.8, 4) is 50.8 Å². The van der Waals surface area contributed by atoms with Crippen LogP contribution in [0.1, 0.15) is 0 Å². The highest BCUT2D eigenvalue weighted by Crippen LogP contribution is 2.49. The summed E-state index contributed by atoms with van der Waals surface area (Å²) in [5.74, 6) is 2.87. The van der Waals surface area contributed by atoms with Crippen LogP contribution in [0.2, 0.25) is 0 Å². The number of anilines is 3. The first kappa shape index (κ1) is 33.2. The topological polar surface area (TPSA) is 52.9 Å². The van der Waals surface area contributed by atoms with Gasteiger partial charge in [-0.05, 0) is 77.4 Å². The van der Waals surface area contributed by atoms with Crippen LogP contribution in [0, 0.1) is 0 Å². The molecule has 0 amide bonds. The molecule has 0 radical (unpaired) electrons. The molecule has 0 bridgehead atoms. The summed E-state index contributed by atoms with van der Waals surface area (Å²) in [7, 11) is 0. The Labute approximate surface area is 339 Å². The molecule has 12 rings (SSSR count). The Kier molecular flexibility index (Phi) is 7.50. The summed E-state index contributed by atoms with van der Waals surface area (Å²) in [4.78, 5) is 2.16. The maximum atomic E-state index is 6.96. The summed E-state index contributed by atoms with van der Waals surface area (Å²) in [5.41, 5.74) is 11.9. The predicted octanol–water partition coefficient (Wildman–Crippen LogP) is 14.5. The molecule has 11 aromatic rings. The minimum absolute atomic E-state index is 0.175. The second kappa shape index (κ2) is 13.3. The molecule has 0 unspecified atom stereocenters. The Hall–Kier alpha value is -7.96. The number of hydrogen-bond donors (Lipinski definition) is 0. The lowest BCUT2D eigenvalue weighted by Gasteiger charge is -2.24. The van der Waals surface area contributed by atoms with Gasteiger partial charge in [0.2, 0.25) is 12.7 Å². The zero-order valence-electron chi connectivity index (χ0n) is 31.7. The molecule has 1 aliphatic rings. The molecule has 0 saturated heterocycles. The van der Waals surface area contributed by atoms with Crippen LogP contribution in [0.15, 0.2) is 203 Å². The molecule has 8 aromatic carbocycles. The van der Waals surface area contributed by atoms with Crippen molar-refractivity contribution in [1.29, 1.82) is 0 Å². The average Bonchev–Trinajstić information content (AvgIpc) is 4.11. The van der Waals surface area contributed by atoms with Gasteiger partial charge in [0, 0.05) is 56.2 Å².